The lowest BCUT2D eigenvalue weighted by Gasteiger charge is -2.10. The van der Waals surface area contributed by atoms with Gasteiger partial charge in [0.1, 0.15) is 12.4 Å². The van der Waals surface area contributed by atoms with E-state index in [2.05, 4.69) is 9.24 Å². The van der Waals surface area contributed by atoms with Crippen LogP contribution in [0.4, 0.5) is 0 Å². The second kappa shape index (κ2) is 5.34. The quantitative estimate of drug-likeness (QED) is 0.759. The van der Waals surface area contributed by atoms with Crippen molar-refractivity contribution in [2.45, 2.75) is 6.61 Å². The molecule has 16 heavy (non-hydrogen) atoms. The molecule has 0 heterocycles. The van der Waals surface area contributed by atoms with Crippen LogP contribution in [0.25, 0.3) is 0 Å². The van der Waals surface area contributed by atoms with E-state index in [1.165, 1.54) is 0 Å². The summed E-state index contributed by atoms with van der Waals surface area (Å²) < 4.78 is 5.70. The van der Waals surface area contributed by atoms with Crippen LogP contribution >= 0.6 is 20.8 Å². The monoisotopic (exact) mass is 250 g/mol. The molecule has 0 saturated heterocycles. The highest BCUT2D eigenvalue weighted by atomic mass is 35.5. The molecule has 0 aliphatic heterocycles. The number of hydrogen-bond donors (Lipinski definition) is 0. The average molecular weight is 251 g/mol. The van der Waals surface area contributed by atoms with Crippen LogP contribution in [0, 0.1) is 0 Å². The predicted molar refractivity (Wildman–Crippen MR) is 71.6 cm³/mol. The molecule has 0 aliphatic carbocycles. The van der Waals surface area contributed by atoms with E-state index >= 15 is 0 Å². The number of ether oxygens (including phenoxy) is 1. The third-order valence-electron chi connectivity index (χ3n) is 2.22. The van der Waals surface area contributed by atoms with Crippen LogP contribution in [0.5, 0.6) is 5.75 Å². The summed E-state index contributed by atoms with van der Waals surface area (Å²) in [6.07, 6.45) is 0. The standard InChI is InChI=1S/C13H12ClOP/c14-11-7-4-8-12(16)13(11)15-9-10-5-2-1-3-6-10/h1-8H,9,16H2. The van der Waals surface area contributed by atoms with Crippen molar-refractivity contribution in [3.8, 4) is 5.75 Å². The van der Waals surface area contributed by atoms with Crippen LogP contribution < -0.4 is 10.0 Å². The minimum Gasteiger partial charge on any atom is -0.487 e. The minimum atomic E-state index is 0.534. The Morgan fingerprint density at radius 1 is 1.00 bits per heavy atom. The molecule has 1 unspecified atom stereocenters. The molecular formula is C13H12ClOP. The molecule has 0 saturated carbocycles. The first kappa shape index (κ1) is 11.4. The second-order valence-electron chi connectivity index (χ2n) is 3.43. The number of halogens is 1. The van der Waals surface area contributed by atoms with E-state index in [-0.39, 0.29) is 0 Å². The van der Waals surface area contributed by atoms with Crippen molar-refractivity contribution in [2.75, 3.05) is 0 Å². The molecule has 2 aromatic rings. The Morgan fingerprint density at radius 2 is 1.75 bits per heavy atom. The maximum absolute atomic E-state index is 6.06. The first-order chi connectivity index (χ1) is 7.77. The SMILES string of the molecule is Pc1cccc(Cl)c1OCc1ccccc1. The van der Waals surface area contributed by atoms with Gasteiger partial charge in [0.25, 0.3) is 0 Å². The molecule has 1 nitrogen and oxygen atoms in total. The molecule has 1 atom stereocenters. The van der Waals surface area contributed by atoms with E-state index in [4.69, 9.17) is 16.3 Å². The zero-order chi connectivity index (χ0) is 11.4. The fourth-order valence-electron chi connectivity index (χ4n) is 1.41. The van der Waals surface area contributed by atoms with Crippen molar-refractivity contribution in [1.82, 2.24) is 0 Å². The minimum absolute atomic E-state index is 0.534. The third kappa shape index (κ3) is 2.75. The Bertz CT molecular complexity index is 450. The van der Waals surface area contributed by atoms with Gasteiger partial charge >= 0.3 is 0 Å². The van der Waals surface area contributed by atoms with Gasteiger partial charge < -0.3 is 4.74 Å². The molecule has 0 N–H and O–H groups in total. The molecule has 82 valence electrons. The van der Waals surface area contributed by atoms with E-state index in [0.717, 1.165) is 16.6 Å². The lowest BCUT2D eigenvalue weighted by molar-refractivity contribution is 0.309. The number of para-hydroxylation sites is 1. The molecule has 0 radical (unpaired) electrons. The van der Waals surface area contributed by atoms with Gasteiger partial charge in [-0.25, -0.2) is 0 Å². The highest BCUT2D eigenvalue weighted by Gasteiger charge is 2.04. The topological polar surface area (TPSA) is 9.23 Å². The van der Waals surface area contributed by atoms with Gasteiger partial charge in [0.15, 0.2) is 0 Å². The van der Waals surface area contributed by atoms with Crippen LogP contribution in [0.1, 0.15) is 5.56 Å². The molecular weight excluding hydrogens is 239 g/mol. The van der Waals surface area contributed by atoms with Crippen molar-refractivity contribution < 1.29 is 4.74 Å². The molecule has 0 fully saturated rings. The zero-order valence-corrected chi connectivity index (χ0v) is 10.6. The van der Waals surface area contributed by atoms with Crippen molar-refractivity contribution >= 4 is 26.1 Å². The van der Waals surface area contributed by atoms with Gasteiger partial charge in [-0.3, -0.25) is 0 Å². The maximum Gasteiger partial charge on any atom is 0.145 e. The van der Waals surface area contributed by atoms with Gasteiger partial charge in [-0.05, 0) is 11.6 Å². The molecule has 3 heteroatoms. The van der Waals surface area contributed by atoms with E-state index in [1.807, 2.05) is 48.5 Å². The van der Waals surface area contributed by atoms with Crippen molar-refractivity contribution in [3.63, 3.8) is 0 Å². The summed E-state index contributed by atoms with van der Waals surface area (Å²) in [6, 6.07) is 15.7. The fourth-order valence-corrected chi connectivity index (χ4v) is 2.09. The molecule has 0 spiro atoms. The normalized spacial score (nSPS) is 10.1. The largest absolute Gasteiger partial charge is 0.487 e. The first-order valence-corrected chi connectivity index (χ1v) is 5.93. The Morgan fingerprint density at radius 3 is 2.44 bits per heavy atom. The summed E-state index contributed by atoms with van der Waals surface area (Å²) in [5.41, 5.74) is 1.13. The van der Waals surface area contributed by atoms with Crippen LogP contribution in [0.3, 0.4) is 0 Å². The van der Waals surface area contributed by atoms with Gasteiger partial charge in [0, 0.05) is 5.30 Å². The third-order valence-corrected chi connectivity index (χ3v) is 2.98. The van der Waals surface area contributed by atoms with E-state index in [0.29, 0.717) is 11.6 Å². The molecule has 0 aliphatic rings. The van der Waals surface area contributed by atoms with Gasteiger partial charge in [0.05, 0.1) is 5.02 Å². The first-order valence-electron chi connectivity index (χ1n) is 4.98. The Hall–Kier alpha value is -1.04. The number of rotatable bonds is 3. The number of benzene rings is 2. The van der Waals surface area contributed by atoms with E-state index < -0.39 is 0 Å². The Kier molecular flexibility index (Phi) is 3.82. The van der Waals surface area contributed by atoms with Crippen LogP contribution in [0.2, 0.25) is 5.02 Å². The van der Waals surface area contributed by atoms with Gasteiger partial charge in [-0.15, -0.1) is 9.24 Å². The van der Waals surface area contributed by atoms with Crippen molar-refractivity contribution in [2.24, 2.45) is 0 Å². The summed E-state index contributed by atoms with van der Waals surface area (Å²) in [4.78, 5) is 0. The summed E-state index contributed by atoms with van der Waals surface area (Å²) in [5, 5.41) is 1.62. The molecule has 0 aromatic heterocycles. The van der Waals surface area contributed by atoms with Crippen LogP contribution in [-0.4, -0.2) is 0 Å². The molecule has 2 aromatic carbocycles. The number of hydrogen-bond acceptors (Lipinski definition) is 1. The highest BCUT2D eigenvalue weighted by Crippen LogP contribution is 2.24. The van der Waals surface area contributed by atoms with Crippen LogP contribution in [-0.2, 0) is 6.61 Å². The Labute approximate surface area is 103 Å². The lowest BCUT2D eigenvalue weighted by atomic mass is 10.2. The van der Waals surface area contributed by atoms with Gasteiger partial charge in [-0.2, -0.15) is 0 Å². The summed E-state index contributed by atoms with van der Waals surface area (Å²) >= 11 is 6.06. The summed E-state index contributed by atoms with van der Waals surface area (Å²) in [7, 11) is 2.62. The molecule has 2 rings (SSSR count). The van der Waals surface area contributed by atoms with Gasteiger partial charge in [-0.1, -0.05) is 54.1 Å². The fraction of sp³-hybridized carbons (Fsp3) is 0.0769. The summed E-state index contributed by atoms with van der Waals surface area (Å²) in [6.45, 7) is 0.534. The van der Waals surface area contributed by atoms with Crippen molar-refractivity contribution in [1.29, 1.82) is 0 Å². The van der Waals surface area contributed by atoms with Gasteiger partial charge in [0.2, 0.25) is 0 Å². The van der Waals surface area contributed by atoms with E-state index in [9.17, 15) is 0 Å². The van der Waals surface area contributed by atoms with E-state index in [1.54, 1.807) is 0 Å². The summed E-state index contributed by atoms with van der Waals surface area (Å²) in [5.74, 6) is 0.734. The van der Waals surface area contributed by atoms with Crippen molar-refractivity contribution in [3.05, 3.63) is 59.1 Å². The average Bonchev–Trinajstić information content (AvgIpc) is 2.30. The Balaban J connectivity index is 2.11. The molecule has 0 amide bonds. The second-order valence-corrected chi connectivity index (χ2v) is 4.46. The zero-order valence-electron chi connectivity index (χ0n) is 8.69. The lowest BCUT2D eigenvalue weighted by Crippen LogP contribution is -2.03. The van der Waals surface area contributed by atoms with Crippen LogP contribution in [0.15, 0.2) is 48.5 Å². The maximum atomic E-state index is 6.06. The molecule has 0 bridgehead atoms. The smallest absolute Gasteiger partial charge is 0.145 e. The predicted octanol–water partition coefficient (Wildman–Crippen LogP) is 3.42. The highest BCUT2D eigenvalue weighted by molar-refractivity contribution is 7.27.